The molecule has 190 valence electrons. The number of rotatable bonds is 1. The fraction of sp³-hybridized carbons (Fsp3) is 0.419. The summed E-state index contributed by atoms with van der Waals surface area (Å²) in [6.45, 7) is 6.34. The second-order valence-corrected chi connectivity index (χ2v) is 12.3. The predicted molar refractivity (Wildman–Crippen MR) is 147 cm³/mol. The van der Waals surface area contributed by atoms with Crippen LogP contribution in [-0.2, 0) is 17.8 Å². The third kappa shape index (κ3) is 3.82. The van der Waals surface area contributed by atoms with E-state index in [1.165, 1.54) is 40.3 Å². The van der Waals surface area contributed by atoms with Crippen LogP contribution in [0.3, 0.4) is 0 Å². The van der Waals surface area contributed by atoms with E-state index in [1.807, 2.05) is 43.9 Å². The standard InChI is InChI=1S/C31H31ClN2O3/c1-31(2,3)37-30(35)34-27-6-4-5-18(27)13-28(34)26-15-24-22-12-19-16-36-29-14-20(32)8-9-21(29)23(19)11-17(22)7-10-25(24)33-26/h7-12,14,18,27-28H,4-6,13,15-16H2,1-3H3/t18-,27-,28?/m0/s1. The fourth-order valence-corrected chi connectivity index (χ4v) is 7.02. The van der Waals surface area contributed by atoms with E-state index in [0.717, 1.165) is 42.0 Å². The van der Waals surface area contributed by atoms with E-state index in [2.05, 4.69) is 24.3 Å². The molecule has 0 radical (unpaired) electrons. The van der Waals surface area contributed by atoms with Crippen molar-refractivity contribution in [3.8, 4) is 16.9 Å². The lowest BCUT2D eigenvalue weighted by Gasteiger charge is -2.32. The van der Waals surface area contributed by atoms with E-state index in [0.29, 0.717) is 17.5 Å². The predicted octanol–water partition coefficient (Wildman–Crippen LogP) is 7.86. The van der Waals surface area contributed by atoms with E-state index < -0.39 is 5.60 Å². The minimum Gasteiger partial charge on any atom is -0.488 e. The van der Waals surface area contributed by atoms with Gasteiger partial charge in [0.25, 0.3) is 0 Å². The smallest absolute Gasteiger partial charge is 0.411 e. The van der Waals surface area contributed by atoms with Gasteiger partial charge in [0.1, 0.15) is 18.0 Å². The van der Waals surface area contributed by atoms with E-state index in [1.54, 1.807) is 0 Å². The van der Waals surface area contributed by atoms with Crippen molar-refractivity contribution in [2.24, 2.45) is 10.9 Å². The number of fused-ring (bicyclic) bond motifs is 7. The molecule has 4 aliphatic rings. The fourth-order valence-electron chi connectivity index (χ4n) is 6.85. The van der Waals surface area contributed by atoms with E-state index in [-0.39, 0.29) is 18.2 Å². The summed E-state index contributed by atoms with van der Waals surface area (Å²) in [4.78, 5) is 20.5. The maximum absolute atomic E-state index is 13.4. The number of halogens is 1. The highest BCUT2D eigenvalue weighted by Crippen LogP contribution is 2.46. The second kappa shape index (κ2) is 8.22. The molecule has 2 fully saturated rings. The molecule has 0 aromatic heterocycles. The zero-order chi connectivity index (χ0) is 25.5. The molecule has 3 aliphatic heterocycles. The summed E-state index contributed by atoms with van der Waals surface area (Å²) in [6, 6.07) is 15.0. The molecule has 7 rings (SSSR count). The van der Waals surface area contributed by atoms with Crippen LogP contribution >= 0.6 is 11.6 Å². The molecule has 0 bridgehead atoms. The number of benzene rings is 3. The van der Waals surface area contributed by atoms with Gasteiger partial charge >= 0.3 is 6.09 Å². The van der Waals surface area contributed by atoms with Crippen molar-refractivity contribution in [1.82, 2.24) is 4.90 Å². The Bertz CT molecular complexity index is 1490. The lowest BCUT2D eigenvalue weighted by Crippen LogP contribution is -2.47. The number of amides is 1. The molecule has 0 N–H and O–H groups in total. The molecule has 5 nitrogen and oxygen atoms in total. The number of nitrogens with zero attached hydrogens (tertiary/aromatic N) is 2. The average Bonchev–Trinajstić information content (AvgIpc) is 3.55. The van der Waals surface area contributed by atoms with Gasteiger partial charge in [-0.25, -0.2) is 4.79 Å². The van der Waals surface area contributed by atoms with Gasteiger partial charge in [-0.15, -0.1) is 0 Å². The van der Waals surface area contributed by atoms with Crippen LogP contribution in [0.15, 0.2) is 47.5 Å². The van der Waals surface area contributed by atoms with Crippen LogP contribution in [0.4, 0.5) is 10.5 Å². The first-order valence-electron chi connectivity index (χ1n) is 13.4. The summed E-state index contributed by atoms with van der Waals surface area (Å²) >= 11 is 6.20. The Morgan fingerprint density at radius 3 is 2.81 bits per heavy atom. The summed E-state index contributed by atoms with van der Waals surface area (Å²) in [5.41, 5.74) is 6.30. The zero-order valence-electron chi connectivity index (χ0n) is 21.5. The Morgan fingerprint density at radius 2 is 1.97 bits per heavy atom. The van der Waals surface area contributed by atoms with Crippen LogP contribution in [-0.4, -0.2) is 34.4 Å². The van der Waals surface area contributed by atoms with Gasteiger partial charge in [0.05, 0.1) is 11.7 Å². The van der Waals surface area contributed by atoms with Gasteiger partial charge in [0.2, 0.25) is 0 Å². The summed E-state index contributed by atoms with van der Waals surface area (Å²) in [7, 11) is 0. The van der Waals surface area contributed by atoms with Crippen molar-refractivity contribution in [2.45, 2.75) is 77.2 Å². The zero-order valence-corrected chi connectivity index (χ0v) is 22.3. The normalized spacial score (nSPS) is 23.7. The van der Waals surface area contributed by atoms with Crippen LogP contribution in [0.25, 0.3) is 21.9 Å². The highest BCUT2D eigenvalue weighted by Gasteiger charge is 2.49. The molecule has 37 heavy (non-hydrogen) atoms. The Balaban J connectivity index is 1.23. The van der Waals surface area contributed by atoms with Crippen molar-refractivity contribution in [2.75, 3.05) is 0 Å². The Kier molecular flexibility index (Phi) is 5.13. The van der Waals surface area contributed by atoms with E-state index >= 15 is 0 Å². The minimum atomic E-state index is -0.514. The Hall–Kier alpha value is -3.05. The van der Waals surface area contributed by atoms with E-state index in [9.17, 15) is 4.79 Å². The SMILES string of the molecule is CC(C)(C)OC(=O)N1C(C2=Nc3ccc4cc5c(cc4c3C2)COc2cc(Cl)ccc2-5)C[C@@H]2CCC[C@@H]21. The second-order valence-electron chi connectivity index (χ2n) is 11.9. The number of ether oxygens (including phenoxy) is 2. The van der Waals surface area contributed by atoms with Gasteiger partial charge in [-0.3, -0.25) is 9.89 Å². The lowest BCUT2D eigenvalue weighted by molar-refractivity contribution is 0.0184. The maximum atomic E-state index is 13.4. The number of carbonyl (C=O) groups is 1. The Morgan fingerprint density at radius 1 is 1.11 bits per heavy atom. The van der Waals surface area contributed by atoms with Crippen molar-refractivity contribution in [3.63, 3.8) is 0 Å². The highest BCUT2D eigenvalue weighted by atomic mass is 35.5. The summed E-state index contributed by atoms with van der Waals surface area (Å²) in [5.74, 6) is 1.37. The number of carbonyl (C=O) groups excluding carboxylic acids is 1. The molecule has 0 spiro atoms. The van der Waals surface area contributed by atoms with Gasteiger partial charge in [-0.1, -0.05) is 24.1 Å². The van der Waals surface area contributed by atoms with Gasteiger partial charge in [0.15, 0.2) is 0 Å². The van der Waals surface area contributed by atoms with Gasteiger partial charge < -0.3 is 9.47 Å². The van der Waals surface area contributed by atoms with Crippen LogP contribution in [0.5, 0.6) is 5.75 Å². The molecule has 3 aromatic carbocycles. The van der Waals surface area contributed by atoms with Crippen LogP contribution in [0, 0.1) is 5.92 Å². The molecule has 3 aromatic rings. The molecule has 3 atom stereocenters. The first-order chi connectivity index (χ1) is 17.7. The van der Waals surface area contributed by atoms with Crippen molar-refractivity contribution in [1.29, 1.82) is 0 Å². The monoisotopic (exact) mass is 514 g/mol. The van der Waals surface area contributed by atoms with Crippen molar-refractivity contribution >= 4 is 39.9 Å². The number of hydrogen-bond acceptors (Lipinski definition) is 4. The molecule has 1 aliphatic carbocycles. The minimum absolute atomic E-state index is 0.00480. The molecule has 3 heterocycles. The van der Waals surface area contributed by atoms with Crippen LogP contribution in [0.2, 0.25) is 5.02 Å². The van der Waals surface area contributed by atoms with Crippen LogP contribution in [0.1, 0.15) is 57.6 Å². The summed E-state index contributed by atoms with van der Waals surface area (Å²) < 4.78 is 11.9. The molecule has 6 heteroatoms. The maximum Gasteiger partial charge on any atom is 0.411 e. The largest absolute Gasteiger partial charge is 0.488 e. The first kappa shape index (κ1) is 23.1. The molecular formula is C31H31ClN2O3. The summed E-state index contributed by atoms with van der Waals surface area (Å²) in [5, 5.41) is 3.10. The lowest BCUT2D eigenvalue weighted by atomic mass is 9.90. The molecule has 1 amide bonds. The Labute approximate surface area is 222 Å². The first-order valence-corrected chi connectivity index (χ1v) is 13.7. The third-order valence-corrected chi connectivity index (χ3v) is 8.63. The van der Waals surface area contributed by atoms with Gasteiger partial charge in [0, 0.05) is 28.8 Å². The number of aliphatic imine (C=N–C) groups is 1. The van der Waals surface area contributed by atoms with Gasteiger partial charge in [-0.2, -0.15) is 0 Å². The summed E-state index contributed by atoms with van der Waals surface area (Å²) in [6.07, 6.45) is 4.98. The topological polar surface area (TPSA) is 51.1 Å². The van der Waals surface area contributed by atoms with E-state index in [4.69, 9.17) is 26.1 Å². The van der Waals surface area contributed by atoms with Crippen molar-refractivity contribution < 1.29 is 14.3 Å². The number of hydrogen-bond donors (Lipinski definition) is 0. The van der Waals surface area contributed by atoms with Crippen molar-refractivity contribution in [3.05, 3.63) is 58.6 Å². The number of likely N-dealkylation sites (tertiary alicyclic amines) is 1. The molecule has 1 saturated carbocycles. The average molecular weight is 515 g/mol. The third-order valence-electron chi connectivity index (χ3n) is 8.40. The molecule has 1 unspecified atom stereocenters. The quantitative estimate of drug-likeness (QED) is 0.332. The van der Waals surface area contributed by atoms with Crippen LogP contribution < -0.4 is 4.74 Å². The highest BCUT2D eigenvalue weighted by molar-refractivity contribution is 6.30. The molecule has 1 saturated heterocycles. The van der Waals surface area contributed by atoms with Gasteiger partial charge in [-0.05, 0) is 110 Å². The molecular weight excluding hydrogens is 484 g/mol.